The number of hydrogen-bond acceptors (Lipinski definition) is 2. The van der Waals surface area contributed by atoms with Crippen molar-refractivity contribution in [2.75, 3.05) is 0 Å². The Morgan fingerprint density at radius 3 is 2.13 bits per heavy atom. The molecule has 0 amide bonds. The molecule has 0 aromatic rings. The van der Waals surface area contributed by atoms with Gasteiger partial charge in [0.15, 0.2) is 0 Å². The molecule has 0 fully saturated rings. The summed E-state index contributed by atoms with van der Waals surface area (Å²) < 4.78 is 5.42. The van der Waals surface area contributed by atoms with Gasteiger partial charge < -0.3 is 4.74 Å². The van der Waals surface area contributed by atoms with Crippen LogP contribution in [0.15, 0.2) is 37.0 Å². The quantitative estimate of drug-likeness (QED) is 0.494. The van der Waals surface area contributed by atoms with Gasteiger partial charge in [-0.25, -0.2) is 0 Å². The van der Waals surface area contributed by atoms with Gasteiger partial charge in [0.05, 0.1) is 0 Å². The van der Waals surface area contributed by atoms with Crippen LogP contribution in [0.2, 0.25) is 0 Å². The van der Waals surface area contributed by atoms with E-state index in [0.29, 0.717) is 0 Å². The van der Waals surface area contributed by atoms with Gasteiger partial charge in [-0.3, -0.25) is 4.79 Å². The van der Waals surface area contributed by atoms with Crippen molar-refractivity contribution in [1.82, 2.24) is 0 Å². The lowest BCUT2D eigenvalue weighted by molar-refractivity contribution is -0.153. The highest BCUT2D eigenvalue weighted by Gasteiger charge is 2.32. The number of hydrogen-bond donors (Lipinski definition) is 0. The van der Waals surface area contributed by atoms with Crippen molar-refractivity contribution >= 4 is 5.97 Å². The lowest BCUT2D eigenvalue weighted by atomic mass is 9.87. The van der Waals surface area contributed by atoms with Gasteiger partial charge in [0, 0.05) is 6.92 Å². The Bertz CT molecular complexity index is 270. The Morgan fingerprint density at radius 2 is 1.87 bits per heavy atom. The van der Waals surface area contributed by atoms with Gasteiger partial charge >= 0.3 is 5.97 Å². The third kappa shape index (κ3) is 3.39. The average Bonchev–Trinajstić information content (AvgIpc) is 2.22. The molecule has 0 saturated heterocycles. The largest absolute Gasteiger partial charge is 0.454 e. The minimum Gasteiger partial charge on any atom is -0.454 e. The maximum atomic E-state index is 11.1. The number of ether oxygens (including phenoxy) is 1. The molecule has 2 heteroatoms. The predicted octanol–water partition coefficient (Wildman–Crippen LogP) is 3.41. The molecule has 0 aromatic carbocycles. The number of esters is 1. The molecular formula is C13H20O2. The second-order valence-electron chi connectivity index (χ2n) is 3.36. The van der Waals surface area contributed by atoms with Gasteiger partial charge in [0.25, 0.3) is 0 Å². The summed E-state index contributed by atoms with van der Waals surface area (Å²) in [7, 11) is 0. The van der Waals surface area contributed by atoms with E-state index in [-0.39, 0.29) is 5.97 Å². The first kappa shape index (κ1) is 13.7. The van der Waals surface area contributed by atoms with Crippen LogP contribution in [0.4, 0.5) is 0 Å². The van der Waals surface area contributed by atoms with E-state index in [1.54, 1.807) is 12.2 Å². The third-order valence-electron chi connectivity index (χ3n) is 2.52. The monoisotopic (exact) mass is 208 g/mol. The standard InChI is InChI=1S/C13H20O2/c1-6-10-12(7-2)13(8-3,9-4)15-11(5)14/h6-7,10H,1-2,8-9H2,3-5H3/b12-10+. The van der Waals surface area contributed by atoms with Gasteiger partial charge in [0.1, 0.15) is 5.60 Å². The normalized spacial score (nSPS) is 12.1. The van der Waals surface area contributed by atoms with Crippen molar-refractivity contribution in [3.63, 3.8) is 0 Å². The van der Waals surface area contributed by atoms with E-state index in [1.165, 1.54) is 6.92 Å². The number of carbonyl (C=O) groups is 1. The summed E-state index contributed by atoms with van der Waals surface area (Å²) in [6, 6.07) is 0. The zero-order valence-electron chi connectivity index (χ0n) is 9.88. The first-order valence-corrected chi connectivity index (χ1v) is 5.21. The van der Waals surface area contributed by atoms with E-state index in [2.05, 4.69) is 13.2 Å². The minimum absolute atomic E-state index is 0.268. The second kappa shape index (κ2) is 6.23. The first-order valence-electron chi connectivity index (χ1n) is 5.21. The molecule has 2 nitrogen and oxygen atoms in total. The van der Waals surface area contributed by atoms with Crippen LogP contribution in [0.3, 0.4) is 0 Å². The molecule has 0 aliphatic heterocycles. The topological polar surface area (TPSA) is 26.3 Å². The highest BCUT2D eigenvalue weighted by Crippen LogP contribution is 2.30. The van der Waals surface area contributed by atoms with Crippen LogP contribution in [0, 0.1) is 0 Å². The van der Waals surface area contributed by atoms with E-state index in [1.807, 2.05) is 19.9 Å². The first-order chi connectivity index (χ1) is 7.06. The fourth-order valence-electron chi connectivity index (χ4n) is 1.67. The van der Waals surface area contributed by atoms with Crippen molar-refractivity contribution in [3.8, 4) is 0 Å². The van der Waals surface area contributed by atoms with Gasteiger partial charge in [-0.1, -0.05) is 45.2 Å². The van der Waals surface area contributed by atoms with Gasteiger partial charge in [-0.2, -0.15) is 0 Å². The average molecular weight is 208 g/mol. The number of carbonyl (C=O) groups excluding carboxylic acids is 1. The van der Waals surface area contributed by atoms with Crippen LogP contribution in [0.5, 0.6) is 0 Å². The maximum absolute atomic E-state index is 11.1. The van der Waals surface area contributed by atoms with Gasteiger partial charge in [-0.05, 0) is 18.4 Å². The molecular weight excluding hydrogens is 188 g/mol. The van der Waals surface area contributed by atoms with Gasteiger partial charge in [0.2, 0.25) is 0 Å². The number of rotatable bonds is 6. The van der Waals surface area contributed by atoms with E-state index in [4.69, 9.17) is 4.74 Å². The fourth-order valence-corrected chi connectivity index (χ4v) is 1.67. The summed E-state index contributed by atoms with van der Waals surface area (Å²) in [6.07, 6.45) is 6.70. The van der Waals surface area contributed by atoms with E-state index in [0.717, 1.165) is 18.4 Å². The molecule has 84 valence electrons. The minimum atomic E-state index is -0.554. The van der Waals surface area contributed by atoms with Crippen LogP contribution in [-0.2, 0) is 9.53 Å². The molecule has 0 radical (unpaired) electrons. The smallest absolute Gasteiger partial charge is 0.303 e. The highest BCUT2D eigenvalue weighted by atomic mass is 16.6. The molecule has 0 aromatic heterocycles. The Kier molecular flexibility index (Phi) is 5.68. The Balaban J connectivity index is 5.21. The summed E-state index contributed by atoms with van der Waals surface area (Å²) in [5, 5.41) is 0. The lowest BCUT2D eigenvalue weighted by Crippen LogP contribution is -2.34. The Hall–Kier alpha value is -1.31. The van der Waals surface area contributed by atoms with Crippen LogP contribution in [0.1, 0.15) is 33.6 Å². The molecule has 0 aliphatic rings. The Morgan fingerprint density at radius 1 is 1.33 bits per heavy atom. The zero-order valence-corrected chi connectivity index (χ0v) is 9.88. The van der Waals surface area contributed by atoms with Gasteiger partial charge in [-0.15, -0.1) is 0 Å². The van der Waals surface area contributed by atoms with Crippen molar-refractivity contribution in [1.29, 1.82) is 0 Å². The van der Waals surface area contributed by atoms with Crippen LogP contribution in [-0.4, -0.2) is 11.6 Å². The van der Waals surface area contributed by atoms with E-state index < -0.39 is 5.60 Å². The highest BCUT2D eigenvalue weighted by molar-refractivity contribution is 5.67. The molecule has 0 heterocycles. The summed E-state index contributed by atoms with van der Waals surface area (Å²) >= 11 is 0. The molecule has 0 N–H and O–H groups in total. The SMILES string of the molecule is C=C/C=C(\C=C)C(CC)(CC)OC(C)=O. The molecule has 15 heavy (non-hydrogen) atoms. The molecule has 0 aliphatic carbocycles. The molecule has 0 saturated carbocycles. The molecule has 0 unspecified atom stereocenters. The van der Waals surface area contributed by atoms with Crippen LogP contribution < -0.4 is 0 Å². The maximum Gasteiger partial charge on any atom is 0.303 e. The van der Waals surface area contributed by atoms with Crippen LogP contribution >= 0.6 is 0 Å². The van der Waals surface area contributed by atoms with Crippen molar-refractivity contribution < 1.29 is 9.53 Å². The fraction of sp³-hybridized carbons (Fsp3) is 0.462. The van der Waals surface area contributed by atoms with Crippen LogP contribution in [0.25, 0.3) is 0 Å². The number of allylic oxidation sites excluding steroid dienone is 2. The molecule has 0 rings (SSSR count). The molecule has 0 bridgehead atoms. The molecule has 0 atom stereocenters. The van der Waals surface area contributed by atoms with E-state index in [9.17, 15) is 4.79 Å². The summed E-state index contributed by atoms with van der Waals surface area (Å²) in [5.41, 5.74) is 0.347. The lowest BCUT2D eigenvalue weighted by Gasteiger charge is -2.32. The third-order valence-corrected chi connectivity index (χ3v) is 2.52. The Labute approximate surface area is 92.3 Å². The predicted molar refractivity (Wildman–Crippen MR) is 63.6 cm³/mol. The summed E-state index contributed by atoms with van der Waals surface area (Å²) in [6.45, 7) is 12.8. The second-order valence-corrected chi connectivity index (χ2v) is 3.36. The van der Waals surface area contributed by atoms with E-state index >= 15 is 0 Å². The summed E-state index contributed by atoms with van der Waals surface area (Å²) in [5.74, 6) is -0.268. The summed E-state index contributed by atoms with van der Waals surface area (Å²) in [4.78, 5) is 11.1. The molecule has 0 spiro atoms. The van der Waals surface area contributed by atoms with Crippen molar-refractivity contribution in [3.05, 3.63) is 37.0 Å². The van der Waals surface area contributed by atoms with Crippen molar-refractivity contribution in [2.24, 2.45) is 0 Å². The van der Waals surface area contributed by atoms with Crippen molar-refractivity contribution in [2.45, 2.75) is 39.2 Å². The zero-order chi connectivity index (χ0) is 11.9.